The van der Waals surface area contributed by atoms with Crippen molar-refractivity contribution in [3.63, 3.8) is 0 Å². The number of fused-ring (bicyclic) bond motifs is 1. The second-order valence-corrected chi connectivity index (χ2v) is 5.57. The topological polar surface area (TPSA) is 59.8 Å². The van der Waals surface area contributed by atoms with Gasteiger partial charge in [-0.25, -0.2) is 18.7 Å². The van der Waals surface area contributed by atoms with Crippen LogP contribution >= 0.6 is 0 Å². The van der Waals surface area contributed by atoms with Crippen molar-refractivity contribution in [3.8, 4) is 0 Å². The Morgan fingerprint density at radius 3 is 2.64 bits per heavy atom. The fraction of sp³-hybridized carbons (Fsp3) is 0.0556. The number of nitrogens with zero attached hydrogens (tertiary/aromatic N) is 3. The number of hydrogen-bond acceptors (Lipinski definition) is 3. The first-order valence-electron chi connectivity index (χ1n) is 7.57. The minimum Gasteiger partial charge on any atom is -0.295 e. The Labute approximate surface area is 141 Å². The quantitative estimate of drug-likeness (QED) is 0.794. The maximum absolute atomic E-state index is 13.3. The van der Waals surface area contributed by atoms with E-state index in [4.69, 9.17) is 0 Å². The van der Waals surface area contributed by atoms with Gasteiger partial charge in [0.25, 0.3) is 0 Å². The number of hydrogen-bond donors (Lipinski definition) is 1. The molecule has 0 saturated carbocycles. The van der Waals surface area contributed by atoms with Gasteiger partial charge in [-0.1, -0.05) is 6.08 Å². The third-order valence-electron chi connectivity index (χ3n) is 3.75. The average Bonchev–Trinajstić information content (AvgIpc) is 2.83. The number of aromatic nitrogens is 3. The fourth-order valence-corrected chi connectivity index (χ4v) is 2.64. The minimum atomic E-state index is -0.719. The largest absolute Gasteiger partial charge is 0.295 e. The van der Waals surface area contributed by atoms with Gasteiger partial charge in [-0.2, -0.15) is 0 Å². The van der Waals surface area contributed by atoms with Gasteiger partial charge < -0.3 is 0 Å². The first kappa shape index (κ1) is 15.2. The zero-order chi connectivity index (χ0) is 17.4. The van der Waals surface area contributed by atoms with Crippen LogP contribution in [0.2, 0.25) is 0 Å². The summed E-state index contributed by atoms with van der Waals surface area (Å²) >= 11 is 0. The van der Waals surface area contributed by atoms with Crippen LogP contribution in [0.5, 0.6) is 0 Å². The highest BCUT2D eigenvalue weighted by Crippen LogP contribution is 2.26. The maximum Gasteiger partial charge on any atom is 0.231 e. The van der Waals surface area contributed by atoms with Crippen molar-refractivity contribution in [1.29, 1.82) is 0 Å². The van der Waals surface area contributed by atoms with Crippen molar-refractivity contribution >= 4 is 28.7 Å². The molecule has 2 aromatic heterocycles. The highest BCUT2D eigenvalue weighted by atomic mass is 19.1. The van der Waals surface area contributed by atoms with E-state index in [9.17, 15) is 13.6 Å². The van der Waals surface area contributed by atoms with Gasteiger partial charge in [0, 0.05) is 12.3 Å². The van der Waals surface area contributed by atoms with Gasteiger partial charge in [0.1, 0.15) is 17.2 Å². The van der Waals surface area contributed by atoms with Crippen LogP contribution in [0.1, 0.15) is 5.56 Å². The molecule has 0 spiro atoms. The number of pyridine rings is 1. The molecule has 1 amide bonds. The summed E-state index contributed by atoms with van der Waals surface area (Å²) in [6.07, 6.45) is 7.08. The molecule has 4 rings (SSSR count). The third kappa shape index (κ3) is 2.91. The number of carbonyl (C=O) groups is 1. The summed E-state index contributed by atoms with van der Waals surface area (Å²) in [7, 11) is 0. The Bertz CT molecular complexity index is 1030. The number of allylic oxidation sites excluding steroid dienone is 4. The number of halogens is 2. The standard InChI is InChI=1S/C18H12F2N4O/c19-12-7-11(8-13(20)10-12)9-16(25)23-18-22-15-5-2-6-21-17(15)24(18)14-3-1-4-14/h1-8,10H,9H2,(H,22,23,25). The molecule has 2 heterocycles. The molecule has 0 atom stereocenters. The highest BCUT2D eigenvalue weighted by Gasteiger charge is 2.18. The lowest BCUT2D eigenvalue weighted by Crippen LogP contribution is -2.18. The van der Waals surface area contributed by atoms with Crippen LogP contribution in [-0.4, -0.2) is 20.4 Å². The van der Waals surface area contributed by atoms with Gasteiger partial charge >= 0.3 is 0 Å². The van der Waals surface area contributed by atoms with Crippen molar-refractivity contribution in [2.24, 2.45) is 0 Å². The van der Waals surface area contributed by atoms with E-state index in [0.717, 1.165) is 23.9 Å². The fourth-order valence-electron chi connectivity index (χ4n) is 2.64. The number of rotatable bonds is 4. The zero-order valence-electron chi connectivity index (χ0n) is 12.9. The molecule has 1 N–H and O–H groups in total. The second-order valence-electron chi connectivity index (χ2n) is 5.57. The Kier molecular flexibility index (Phi) is 3.61. The number of benzene rings is 1. The highest BCUT2D eigenvalue weighted by molar-refractivity contribution is 5.94. The monoisotopic (exact) mass is 338 g/mol. The van der Waals surface area contributed by atoms with Crippen LogP contribution in [0.4, 0.5) is 14.7 Å². The molecule has 1 aromatic carbocycles. The predicted molar refractivity (Wildman–Crippen MR) is 89.6 cm³/mol. The number of amides is 1. The van der Waals surface area contributed by atoms with Crippen molar-refractivity contribution in [3.05, 3.63) is 72.0 Å². The van der Waals surface area contributed by atoms with Gasteiger partial charge in [0.05, 0.1) is 12.1 Å². The smallest absolute Gasteiger partial charge is 0.231 e. The van der Waals surface area contributed by atoms with E-state index in [0.29, 0.717) is 17.1 Å². The summed E-state index contributed by atoms with van der Waals surface area (Å²) < 4.78 is 28.2. The van der Waals surface area contributed by atoms with E-state index in [-0.39, 0.29) is 12.0 Å². The summed E-state index contributed by atoms with van der Waals surface area (Å²) in [4.78, 5) is 21.0. The maximum atomic E-state index is 13.3. The van der Waals surface area contributed by atoms with Crippen LogP contribution in [0, 0.1) is 11.6 Å². The molecule has 0 radical (unpaired) electrons. The van der Waals surface area contributed by atoms with Crippen LogP contribution < -0.4 is 5.32 Å². The average molecular weight is 338 g/mol. The molecular formula is C18H12F2N4O. The first-order chi connectivity index (χ1) is 12.1. The summed E-state index contributed by atoms with van der Waals surface area (Å²) in [6.45, 7) is 0. The van der Waals surface area contributed by atoms with Crippen molar-refractivity contribution < 1.29 is 13.6 Å². The number of imidazole rings is 1. The first-order valence-corrected chi connectivity index (χ1v) is 7.57. The Morgan fingerprint density at radius 1 is 1.20 bits per heavy atom. The summed E-state index contributed by atoms with van der Waals surface area (Å²) in [6, 6.07) is 6.57. The van der Waals surface area contributed by atoms with Crippen LogP contribution in [-0.2, 0) is 11.2 Å². The van der Waals surface area contributed by atoms with Crippen molar-refractivity contribution in [2.45, 2.75) is 6.42 Å². The van der Waals surface area contributed by atoms with Gasteiger partial charge in [-0.15, -0.1) is 0 Å². The molecule has 0 unspecified atom stereocenters. The minimum absolute atomic E-state index is 0.166. The Hall–Kier alpha value is -3.35. The normalized spacial score (nSPS) is 12.8. The molecule has 3 aromatic rings. The number of carbonyl (C=O) groups excluding carboxylic acids is 1. The van der Waals surface area contributed by atoms with E-state index < -0.39 is 17.5 Å². The molecule has 0 fully saturated rings. The van der Waals surface area contributed by atoms with Gasteiger partial charge in [-0.3, -0.25) is 14.7 Å². The van der Waals surface area contributed by atoms with E-state index in [1.165, 1.54) is 0 Å². The molecule has 124 valence electrons. The SMILES string of the molecule is O=C(Cc1cc(F)cc(F)c1)Nc1nc2cccnc2n1C1=CC=C1. The third-order valence-corrected chi connectivity index (χ3v) is 3.75. The molecule has 5 nitrogen and oxygen atoms in total. The zero-order valence-corrected chi connectivity index (χ0v) is 12.9. The van der Waals surface area contributed by atoms with E-state index in [1.807, 2.05) is 18.2 Å². The molecule has 7 heteroatoms. The molecule has 1 aliphatic rings. The summed E-state index contributed by atoms with van der Waals surface area (Å²) in [5.41, 5.74) is 2.34. The second kappa shape index (κ2) is 5.94. The lowest BCUT2D eigenvalue weighted by molar-refractivity contribution is -0.115. The van der Waals surface area contributed by atoms with Gasteiger partial charge in [0.2, 0.25) is 11.9 Å². The summed E-state index contributed by atoms with van der Waals surface area (Å²) in [5.74, 6) is -1.55. The number of anilines is 1. The molecule has 0 bridgehead atoms. The lowest BCUT2D eigenvalue weighted by atomic mass is 10.1. The van der Waals surface area contributed by atoms with E-state index >= 15 is 0 Å². The molecule has 1 aliphatic carbocycles. The van der Waals surface area contributed by atoms with E-state index in [1.54, 1.807) is 22.9 Å². The molecular weight excluding hydrogens is 326 g/mol. The van der Waals surface area contributed by atoms with Gasteiger partial charge in [-0.05, 0) is 42.0 Å². The van der Waals surface area contributed by atoms with Crippen LogP contribution in [0.15, 0.2) is 54.8 Å². The lowest BCUT2D eigenvalue weighted by Gasteiger charge is -2.13. The van der Waals surface area contributed by atoms with Crippen molar-refractivity contribution in [1.82, 2.24) is 14.5 Å². The Morgan fingerprint density at radius 2 is 1.96 bits per heavy atom. The van der Waals surface area contributed by atoms with E-state index in [2.05, 4.69) is 15.3 Å². The molecule has 0 aliphatic heterocycles. The molecule has 25 heavy (non-hydrogen) atoms. The van der Waals surface area contributed by atoms with Crippen LogP contribution in [0.25, 0.3) is 16.9 Å². The van der Waals surface area contributed by atoms with Crippen molar-refractivity contribution in [2.75, 3.05) is 5.32 Å². The van der Waals surface area contributed by atoms with Crippen LogP contribution in [0.3, 0.4) is 0 Å². The number of nitrogens with one attached hydrogen (secondary N) is 1. The Balaban J connectivity index is 1.63. The summed E-state index contributed by atoms with van der Waals surface area (Å²) in [5, 5.41) is 2.69. The predicted octanol–water partition coefficient (Wildman–Crippen LogP) is 3.30. The van der Waals surface area contributed by atoms with Gasteiger partial charge in [0.15, 0.2) is 5.65 Å². The molecule has 0 saturated heterocycles.